The van der Waals surface area contributed by atoms with Crippen molar-refractivity contribution in [3.8, 4) is 11.5 Å². The van der Waals surface area contributed by atoms with E-state index >= 15 is 0 Å². The summed E-state index contributed by atoms with van der Waals surface area (Å²) in [5, 5.41) is 2.97. The van der Waals surface area contributed by atoms with E-state index < -0.39 is 9.84 Å². The number of hydrogen-bond acceptors (Lipinski definition) is 5. The van der Waals surface area contributed by atoms with Crippen LogP contribution in [-0.2, 0) is 9.84 Å². The number of nitrogens with one attached hydrogen (secondary N) is 1. The van der Waals surface area contributed by atoms with Crippen LogP contribution in [0.5, 0.6) is 0 Å². The van der Waals surface area contributed by atoms with Crippen LogP contribution in [0.1, 0.15) is 13.8 Å². The van der Waals surface area contributed by atoms with Crippen molar-refractivity contribution in [1.29, 1.82) is 0 Å². The van der Waals surface area contributed by atoms with Crippen LogP contribution >= 0.6 is 15.9 Å². The van der Waals surface area contributed by atoms with E-state index in [0.29, 0.717) is 12.5 Å². The Bertz CT molecular complexity index is 981. The van der Waals surface area contributed by atoms with E-state index in [1.807, 2.05) is 44.2 Å². The second kappa shape index (κ2) is 7.63. The number of aromatic nitrogens is 1. The average Bonchev–Trinajstić information content (AvgIpc) is 3.06. The first-order chi connectivity index (χ1) is 12.4. The molecule has 7 heteroatoms. The molecule has 0 unspecified atom stereocenters. The highest BCUT2D eigenvalue weighted by molar-refractivity contribution is 9.10. The molecular weight excluding hydrogens is 416 g/mol. The molecular formula is C19H19BrN2O3S. The molecule has 0 aliphatic carbocycles. The highest BCUT2D eigenvalue weighted by atomic mass is 79.9. The second-order valence-electron chi connectivity index (χ2n) is 6.25. The Hall–Kier alpha value is -2.12. The molecule has 0 aliphatic heterocycles. The minimum absolute atomic E-state index is 0.0978. The summed E-state index contributed by atoms with van der Waals surface area (Å²) in [6.45, 7) is 4.64. The standard InChI is InChI=1S/C19H19BrN2O3S/c1-13(2)12-21-18-19(22-17(25-18)14-6-4-3-5-7-14)26(23,24)16-10-8-15(20)9-11-16/h3-11,13,21H,12H2,1-2H3. The van der Waals surface area contributed by atoms with Crippen LogP contribution in [0, 0.1) is 5.92 Å². The van der Waals surface area contributed by atoms with Crippen LogP contribution in [0.25, 0.3) is 11.5 Å². The molecule has 1 heterocycles. The maximum atomic E-state index is 13.1. The molecule has 0 aliphatic rings. The fraction of sp³-hybridized carbons (Fsp3) is 0.211. The van der Waals surface area contributed by atoms with E-state index in [2.05, 4.69) is 26.2 Å². The van der Waals surface area contributed by atoms with E-state index in [0.717, 1.165) is 10.0 Å². The lowest BCUT2D eigenvalue weighted by atomic mass is 10.2. The van der Waals surface area contributed by atoms with Gasteiger partial charge in [0.1, 0.15) is 0 Å². The van der Waals surface area contributed by atoms with Gasteiger partial charge in [-0.15, -0.1) is 0 Å². The molecule has 2 aromatic carbocycles. The molecule has 0 fully saturated rings. The van der Waals surface area contributed by atoms with E-state index in [1.165, 1.54) is 0 Å². The first-order valence-corrected chi connectivity index (χ1v) is 10.5. The average molecular weight is 435 g/mol. The van der Waals surface area contributed by atoms with Crippen molar-refractivity contribution in [1.82, 2.24) is 4.98 Å². The first kappa shape index (κ1) is 18.7. The summed E-state index contributed by atoms with van der Waals surface area (Å²) in [5.41, 5.74) is 0.720. The van der Waals surface area contributed by atoms with Crippen molar-refractivity contribution in [2.24, 2.45) is 5.92 Å². The van der Waals surface area contributed by atoms with Gasteiger partial charge in [0, 0.05) is 16.6 Å². The SMILES string of the molecule is CC(C)CNc1oc(-c2ccccc2)nc1S(=O)(=O)c1ccc(Br)cc1. The Morgan fingerprint density at radius 3 is 2.35 bits per heavy atom. The zero-order valence-corrected chi connectivity index (χ0v) is 16.8. The van der Waals surface area contributed by atoms with Gasteiger partial charge < -0.3 is 9.73 Å². The zero-order chi connectivity index (χ0) is 18.7. The van der Waals surface area contributed by atoms with Gasteiger partial charge in [0.15, 0.2) is 0 Å². The predicted molar refractivity (Wildman–Crippen MR) is 105 cm³/mol. The largest absolute Gasteiger partial charge is 0.419 e. The molecule has 0 radical (unpaired) electrons. The summed E-state index contributed by atoms with van der Waals surface area (Å²) in [5.74, 6) is 0.761. The van der Waals surface area contributed by atoms with E-state index in [9.17, 15) is 8.42 Å². The highest BCUT2D eigenvalue weighted by Gasteiger charge is 2.28. The van der Waals surface area contributed by atoms with Gasteiger partial charge in [-0.3, -0.25) is 0 Å². The number of benzene rings is 2. The van der Waals surface area contributed by atoms with E-state index in [-0.39, 0.29) is 21.7 Å². The molecule has 136 valence electrons. The summed E-state index contributed by atoms with van der Waals surface area (Å²) in [4.78, 5) is 4.47. The minimum Gasteiger partial charge on any atom is -0.419 e. The number of oxazole rings is 1. The highest BCUT2D eigenvalue weighted by Crippen LogP contribution is 2.32. The van der Waals surface area contributed by atoms with Gasteiger partial charge in [0.25, 0.3) is 0 Å². The number of hydrogen-bond donors (Lipinski definition) is 1. The number of rotatable bonds is 6. The summed E-state index contributed by atoms with van der Waals surface area (Å²) >= 11 is 3.32. The Labute approximate surface area is 161 Å². The molecule has 0 amide bonds. The fourth-order valence-corrected chi connectivity index (χ4v) is 3.87. The van der Waals surface area contributed by atoms with Crippen molar-refractivity contribution in [3.63, 3.8) is 0 Å². The van der Waals surface area contributed by atoms with Crippen molar-refractivity contribution >= 4 is 31.7 Å². The van der Waals surface area contributed by atoms with Crippen molar-refractivity contribution in [3.05, 3.63) is 59.1 Å². The van der Waals surface area contributed by atoms with Crippen LogP contribution in [0.15, 0.2) is 73.4 Å². The van der Waals surface area contributed by atoms with Gasteiger partial charge >= 0.3 is 0 Å². The molecule has 1 N–H and O–H groups in total. The molecule has 3 aromatic rings. The molecule has 0 saturated heterocycles. The summed E-state index contributed by atoms with van der Waals surface area (Å²) in [7, 11) is -3.81. The Kier molecular flexibility index (Phi) is 5.48. The lowest BCUT2D eigenvalue weighted by Crippen LogP contribution is -2.11. The second-order valence-corrected chi connectivity index (χ2v) is 9.03. The Balaban J connectivity index is 2.08. The molecule has 0 spiro atoms. The van der Waals surface area contributed by atoms with E-state index in [4.69, 9.17) is 4.42 Å². The third kappa shape index (κ3) is 3.99. The lowest BCUT2D eigenvalue weighted by molar-refractivity contribution is 0.567. The molecule has 5 nitrogen and oxygen atoms in total. The monoisotopic (exact) mass is 434 g/mol. The topological polar surface area (TPSA) is 72.2 Å². The molecule has 3 rings (SSSR count). The van der Waals surface area contributed by atoms with Crippen LogP contribution in [0.3, 0.4) is 0 Å². The smallest absolute Gasteiger partial charge is 0.233 e. The number of nitrogens with zero attached hydrogens (tertiary/aromatic N) is 1. The Morgan fingerprint density at radius 1 is 1.08 bits per heavy atom. The minimum atomic E-state index is -3.81. The maximum absolute atomic E-state index is 13.1. The maximum Gasteiger partial charge on any atom is 0.233 e. The van der Waals surface area contributed by atoms with Gasteiger partial charge in [-0.25, -0.2) is 8.42 Å². The van der Waals surface area contributed by atoms with Gasteiger partial charge in [-0.1, -0.05) is 48.0 Å². The number of sulfone groups is 1. The molecule has 1 aromatic heterocycles. The number of halogens is 1. The quantitative estimate of drug-likeness (QED) is 0.590. The molecule has 0 atom stereocenters. The Morgan fingerprint density at radius 2 is 1.73 bits per heavy atom. The predicted octanol–water partition coefficient (Wildman–Crippen LogP) is 5.00. The van der Waals surface area contributed by atoms with Crippen LogP contribution in [0.2, 0.25) is 0 Å². The van der Waals surface area contributed by atoms with E-state index in [1.54, 1.807) is 24.3 Å². The van der Waals surface area contributed by atoms with Gasteiger partial charge in [0.05, 0.1) is 4.90 Å². The van der Waals surface area contributed by atoms with Gasteiger partial charge in [-0.05, 0) is 42.3 Å². The zero-order valence-electron chi connectivity index (χ0n) is 14.4. The van der Waals surface area contributed by atoms with Crippen LogP contribution in [0.4, 0.5) is 5.88 Å². The van der Waals surface area contributed by atoms with Crippen LogP contribution in [-0.4, -0.2) is 19.9 Å². The lowest BCUT2D eigenvalue weighted by Gasteiger charge is -2.08. The van der Waals surface area contributed by atoms with Crippen LogP contribution < -0.4 is 5.32 Å². The molecule has 0 bridgehead atoms. The number of anilines is 1. The normalized spacial score (nSPS) is 11.7. The van der Waals surface area contributed by atoms with Crippen molar-refractivity contribution < 1.29 is 12.8 Å². The van der Waals surface area contributed by atoms with Crippen molar-refractivity contribution in [2.75, 3.05) is 11.9 Å². The van der Waals surface area contributed by atoms with Gasteiger partial charge in [0.2, 0.25) is 26.6 Å². The van der Waals surface area contributed by atoms with Gasteiger partial charge in [-0.2, -0.15) is 4.98 Å². The first-order valence-electron chi connectivity index (χ1n) is 8.18. The molecule has 26 heavy (non-hydrogen) atoms. The summed E-state index contributed by atoms with van der Waals surface area (Å²) < 4.78 is 32.7. The fourth-order valence-electron chi connectivity index (χ4n) is 2.33. The summed E-state index contributed by atoms with van der Waals surface area (Å²) in [6.07, 6.45) is 0. The summed E-state index contributed by atoms with van der Waals surface area (Å²) in [6, 6.07) is 15.7. The van der Waals surface area contributed by atoms with Crippen molar-refractivity contribution in [2.45, 2.75) is 23.8 Å². The third-order valence-corrected chi connectivity index (χ3v) is 5.87. The molecule has 0 saturated carbocycles. The third-order valence-electron chi connectivity index (χ3n) is 3.67.